The quantitative estimate of drug-likeness (QED) is 0.357. The van der Waals surface area contributed by atoms with E-state index < -0.39 is 11.9 Å². The Morgan fingerprint density at radius 2 is 1.27 bits per heavy atom. The number of aliphatic hydroxyl groups is 2. The molecule has 66 valence electrons. The van der Waals surface area contributed by atoms with Crippen molar-refractivity contribution in [2.75, 3.05) is 14.2 Å². The maximum Gasteiger partial charge on any atom is 0.314 e. The predicted molar refractivity (Wildman–Crippen MR) is 36.6 cm³/mol. The Morgan fingerprint density at radius 3 is 1.36 bits per heavy atom. The Kier molecular flexibility index (Phi) is 10.5. The van der Waals surface area contributed by atoms with Gasteiger partial charge in [-0.2, -0.15) is 0 Å². The second-order valence-corrected chi connectivity index (χ2v) is 1.35. The molecule has 0 amide bonds. The molecule has 1 aliphatic heterocycles. The van der Waals surface area contributed by atoms with Crippen LogP contribution in [0.1, 0.15) is 12.8 Å². The van der Waals surface area contributed by atoms with Gasteiger partial charge in [-0.25, -0.2) is 0 Å². The average Bonchev–Trinajstić information content (AvgIpc) is 2.43. The van der Waals surface area contributed by atoms with E-state index in [1.807, 2.05) is 0 Å². The lowest BCUT2D eigenvalue weighted by atomic mass is 10.4. The van der Waals surface area contributed by atoms with E-state index in [9.17, 15) is 9.59 Å². The van der Waals surface area contributed by atoms with Crippen LogP contribution in [0.4, 0.5) is 0 Å². The van der Waals surface area contributed by atoms with Crippen molar-refractivity contribution in [3.05, 3.63) is 0 Å². The third kappa shape index (κ3) is 6.95. The number of hydrogen-bond donors (Lipinski definition) is 2. The summed E-state index contributed by atoms with van der Waals surface area (Å²) >= 11 is 0. The Labute approximate surface area is 64.6 Å². The van der Waals surface area contributed by atoms with Crippen LogP contribution in [0.25, 0.3) is 0 Å². The van der Waals surface area contributed by atoms with Gasteiger partial charge in [-0.15, -0.1) is 0 Å². The number of cyclic esters (lactones) is 2. The van der Waals surface area contributed by atoms with E-state index in [-0.39, 0.29) is 12.8 Å². The van der Waals surface area contributed by atoms with E-state index in [1.165, 1.54) is 0 Å². The molecule has 0 saturated carbocycles. The van der Waals surface area contributed by atoms with Crippen molar-refractivity contribution >= 4 is 11.9 Å². The first-order valence-corrected chi connectivity index (χ1v) is 2.92. The lowest BCUT2D eigenvalue weighted by molar-refractivity contribution is -0.151. The highest BCUT2D eigenvalue weighted by atomic mass is 16.6. The van der Waals surface area contributed by atoms with Crippen LogP contribution in [0, 0.1) is 0 Å². The largest absolute Gasteiger partial charge is 0.400 e. The minimum Gasteiger partial charge on any atom is -0.400 e. The maximum atomic E-state index is 10.0. The van der Waals surface area contributed by atoms with Gasteiger partial charge in [0.2, 0.25) is 0 Å². The molecule has 1 rings (SSSR count). The molecule has 5 nitrogen and oxygen atoms in total. The summed E-state index contributed by atoms with van der Waals surface area (Å²) in [5.41, 5.74) is 0. The minimum absolute atomic E-state index is 0.263. The number of hydrogen-bond acceptors (Lipinski definition) is 5. The molecular weight excluding hydrogens is 152 g/mol. The summed E-state index contributed by atoms with van der Waals surface area (Å²) in [4.78, 5) is 20.0. The van der Waals surface area contributed by atoms with Crippen molar-refractivity contribution in [2.45, 2.75) is 12.8 Å². The first-order chi connectivity index (χ1) is 5.29. The molecular formula is C6H12O5. The average molecular weight is 164 g/mol. The molecule has 0 aromatic heterocycles. The zero-order valence-electron chi connectivity index (χ0n) is 6.53. The van der Waals surface area contributed by atoms with Crippen molar-refractivity contribution in [1.29, 1.82) is 0 Å². The van der Waals surface area contributed by atoms with Crippen LogP contribution < -0.4 is 0 Å². The fourth-order valence-electron chi connectivity index (χ4n) is 0.433. The van der Waals surface area contributed by atoms with Crippen molar-refractivity contribution in [2.24, 2.45) is 0 Å². The summed E-state index contributed by atoms with van der Waals surface area (Å²) in [7, 11) is 2.00. The molecule has 1 fully saturated rings. The third-order valence-electron chi connectivity index (χ3n) is 0.761. The Bertz CT molecular complexity index is 106. The first kappa shape index (κ1) is 12.7. The van der Waals surface area contributed by atoms with Crippen LogP contribution in [-0.2, 0) is 14.3 Å². The van der Waals surface area contributed by atoms with Crippen molar-refractivity contribution in [3.8, 4) is 0 Å². The lowest BCUT2D eigenvalue weighted by Gasteiger charge is -1.79. The molecule has 0 unspecified atom stereocenters. The fourth-order valence-corrected chi connectivity index (χ4v) is 0.433. The summed E-state index contributed by atoms with van der Waals surface area (Å²) in [5.74, 6) is -0.796. The van der Waals surface area contributed by atoms with Gasteiger partial charge in [0.25, 0.3) is 0 Å². The molecule has 0 aromatic rings. The molecule has 0 spiro atoms. The smallest absolute Gasteiger partial charge is 0.314 e. The number of esters is 2. The Hall–Kier alpha value is -0.940. The number of ether oxygens (including phenoxy) is 1. The molecule has 0 bridgehead atoms. The van der Waals surface area contributed by atoms with Crippen LogP contribution >= 0.6 is 0 Å². The molecule has 1 aliphatic rings. The number of carbonyl (C=O) groups excluding carboxylic acids is 2. The zero-order chi connectivity index (χ0) is 9.28. The van der Waals surface area contributed by atoms with E-state index in [0.29, 0.717) is 0 Å². The molecule has 2 N–H and O–H groups in total. The standard InChI is InChI=1S/C4H4O3.2CH4O/c5-3-1-2-4(6)7-3;2*1-2/h1-2H2;2*2H,1H3. The normalized spacial score (nSPS) is 13.8. The van der Waals surface area contributed by atoms with E-state index in [2.05, 4.69) is 4.74 Å². The van der Waals surface area contributed by atoms with Gasteiger partial charge in [-0.05, 0) is 0 Å². The van der Waals surface area contributed by atoms with Crippen LogP contribution in [0.5, 0.6) is 0 Å². The summed E-state index contributed by atoms with van der Waals surface area (Å²) in [6.45, 7) is 0. The van der Waals surface area contributed by atoms with Crippen LogP contribution in [-0.4, -0.2) is 36.4 Å². The van der Waals surface area contributed by atoms with Crippen molar-refractivity contribution in [3.63, 3.8) is 0 Å². The van der Waals surface area contributed by atoms with E-state index in [0.717, 1.165) is 14.2 Å². The summed E-state index contributed by atoms with van der Waals surface area (Å²) in [5, 5.41) is 14.0. The molecule has 0 aliphatic carbocycles. The summed E-state index contributed by atoms with van der Waals surface area (Å²) in [6, 6.07) is 0. The molecule has 0 radical (unpaired) electrons. The maximum absolute atomic E-state index is 10.0. The van der Waals surface area contributed by atoms with Crippen LogP contribution in [0.3, 0.4) is 0 Å². The zero-order valence-corrected chi connectivity index (χ0v) is 6.53. The van der Waals surface area contributed by atoms with Gasteiger partial charge >= 0.3 is 11.9 Å². The topological polar surface area (TPSA) is 83.8 Å². The van der Waals surface area contributed by atoms with Crippen LogP contribution in [0.15, 0.2) is 0 Å². The second kappa shape index (κ2) is 9.06. The first-order valence-electron chi connectivity index (χ1n) is 2.92. The molecule has 1 saturated heterocycles. The van der Waals surface area contributed by atoms with E-state index in [4.69, 9.17) is 10.2 Å². The van der Waals surface area contributed by atoms with Gasteiger partial charge in [-0.3, -0.25) is 9.59 Å². The monoisotopic (exact) mass is 164 g/mol. The Balaban J connectivity index is 0. The highest BCUT2D eigenvalue weighted by Crippen LogP contribution is 2.03. The minimum atomic E-state index is -0.398. The molecule has 0 aromatic carbocycles. The van der Waals surface area contributed by atoms with Gasteiger partial charge in [0, 0.05) is 14.2 Å². The van der Waals surface area contributed by atoms with Gasteiger partial charge in [0.1, 0.15) is 0 Å². The van der Waals surface area contributed by atoms with E-state index >= 15 is 0 Å². The molecule has 1 heterocycles. The lowest BCUT2D eigenvalue weighted by Crippen LogP contribution is -1.94. The second-order valence-electron chi connectivity index (χ2n) is 1.35. The SMILES string of the molecule is CO.CO.O=C1CCC(=O)O1. The summed E-state index contributed by atoms with van der Waals surface area (Å²) in [6.07, 6.45) is 0.525. The number of carbonyl (C=O) groups is 2. The summed E-state index contributed by atoms with van der Waals surface area (Å²) < 4.78 is 4.08. The third-order valence-corrected chi connectivity index (χ3v) is 0.761. The van der Waals surface area contributed by atoms with Gasteiger partial charge in [-0.1, -0.05) is 0 Å². The molecule has 5 heteroatoms. The predicted octanol–water partition coefficient (Wildman–Crippen LogP) is -0.933. The highest BCUT2D eigenvalue weighted by Gasteiger charge is 2.19. The van der Waals surface area contributed by atoms with Crippen molar-refractivity contribution in [1.82, 2.24) is 0 Å². The molecule has 11 heavy (non-hydrogen) atoms. The van der Waals surface area contributed by atoms with Crippen LogP contribution in [0.2, 0.25) is 0 Å². The molecule has 0 atom stereocenters. The van der Waals surface area contributed by atoms with E-state index in [1.54, 1.807) is 0 Å². The van der Waals surface area contributed by atoms with Gasteiger partial charge in [0.15, 0.2) is 0 Å². The number of rotatable bonds is 0. The highest BCUT2D eigenvalue weighted by molar-refractivity contribution is 5.92. The van der Waals surface area contributed by atoms with Crippen molar-refractivity contribution < 1.29 is 24.5 Å². The van der Waals surface area contributed by atoms with Gasteiger partial charge in [0.05, 0.1) is 12.8 Å². The van der Waals surface area contributed by atoms with Gasteiger partial charge < -0.3 is 14.9 Å². The Morgan fingerprint density at radius 1 is 1.00 bits per heavy atom. The fraction of sp³-hybridized carbons (Fsp3) is 0.667. The number of aliphatic hydroxyl groups excluding tert-OH is 2.